The number of benzene rings is 1. The van der Waals surface area contributed by atoms with Gasteiger partial charge in [0, 0.05) is 25.4 Å². The van der Waals surface area contributed by atoms with Gasteiger partial charge in [0.1, 0.15) is 6.04 Å². The third kappa shape index (κ3) is 6.49. The molecular weight excluding hydrogens is 382 g/mol. The molecule has 0 saturated carbocycles. The number of carboxylic acids is 1. The first-order valence-corrected chi connectivity index (χ1v) is 9.41. The Balaban J connectivity index is 0.00000392. The van der Waals surface area contributed by atoms with Crippen LogP contribution < -0.4 is 11.1 Å². The molecule has 7 nitrogen and oxygen atoms in total. The Morgan fingerprint density at radius 1 is 1.18 bits per heavy atom. The van der Waals surface area contributed by atoms with Gasteiger partial charge in [0.2, 0.25) is 11.8 Å². The number of halogens is 1. The predicted octanol–water partition coefficient (Wildman–Crippen LogP) is 1.44. The van der Waals surface area contributed by atoms with Crippen LogP contribution in [0.1, 0.15) is 32.3 Å². The van der Waals surface area contributed by atoms with Crippen LogP contribution in [-0.2, 0) is 20.8 Å². The Morgan fingerprint density at radius 2 is 1.75 bits per heavy atom. The third-order valence-corrected chi connectivity index (χ3v) is 5.08. The summed E-state index contributed by atoms with van der Waals surface area (Å²) in [6.45, 7) is 4.74. The Labute approximate surface area is 172 Å². The molecule has 2 unspecified atom stereocenters. The zero-order valence-corrected chi connectivity index (χ0v) is 17.2. The van der Waals surface area contributed by atoms with Gasteiger partial charge >= 0.3 is 5.97 Å². The molecule has 1 saturated heterocycles. The number of piperidine rings is 1. The van der Waals surface area contributed by atoms with Crippen LogP contribution in [0, 0.1) is 11.8 Å². The molecule has 28 heavy (non-hydrogen) atoms. The highest BCUT2D eigenvalue weighted by atomic mass is 35.5. The summed E-state index contributed by atoms with van der Waals surface area (Å²) >= 11 is 0. The summed E-state index contributed by atoms with van der Waals surface area (Å²) in [5.41, 5.74) is 6.78. The lowest BCUT2D eigenvalue weighted by Gasteiger charge is -2.34. The minimum Gasteiger partial charge on any atom is -0.480 e. The van der Waals surface area contributed by atoms with Crippen LogP contribution in [0.15, 0.2) is 30.3 Å². The molecule has 1 aromatic carbocycles. The van der Waals surface area contributed by atoms with Crippen molar-refractivity contribution < 1.29 is 19.5 Å². The Hall–Kier alpha value is -2.12. The lowest BCUT2D eigenvalue weighted by atomic mass is 9.94. The van der Waals surface area contributed by atoms with Crippen LogP contribution in [0.3, 0.4) is 0 Å². The van der Waals surface area contributed by atoms with Gasteiger partial charge in [-0.15, -0.1) is 12.4 Å². The molecule has 4 N–H and O–H groups in total. The average molecular weight is 412 g/mol. The molecule has 2 amide bonds. The number of nitrogens with two attached hydrogens (primary N) is 1. The predicted molar refractivity (Wildman–Crippen MR) is 109 cm³/mol. The van der Waals surface area contributed by atoms with E-state index in [9.17, 15) is 19.5 Å². The molecule has 2 atom stereocenters. The molecular formula is C20H30ClN3O4. The van der Waals surface area contributed by atoms with Crippen LogP contribution in [-0.4, -0.2) is 53.0 Å². The highest BCUT2D eigenvalue weighted by Crippen LogP contribution is 2.19. The lowest BCUT2D eigenvalue weighted by molar-refractivity contribution is -0.143. The maximum Gasteiger partial charge on any atom is 0.326 e. The molecule has 2 rings (SSSR count). The van der Waals surface area contributed by atoms with Gasteiger partial charge in [-0.25, -0.2) is 4.79 Å². The second-order valence-electron chi connectivity index (χ2n) is 7.46. The molecule has 1 aliphatic rings. The summed E-state index contributed by atoms with van der Waals surface area (Å²) in [4.78, 5) is 38.1. The van der Waals surface area contributed by atoms with Gasteiger partial charge in [0.05, 0.1) is 6.04 Å². The largest absolute Gasteiger partial charge is 0.480 e. The number of rotatable bonds is 7. The molecule has 156 valence electrons. The number of carbonyl (C=O) groups is 3. The summed E-state index contributed by atoms with van der Waals surface area (Å²) in [5.74, 6) is -1.63. The van der Waals surface area contributed by atoms with E-state index in [1.165, 1.54) is 0 Å². The molecule has 1 aromatic rings. The average Bonchev–Trinajstić information content (AvgIpc) is 2.67. The van der Waals surface area contributed by atoms with E-state index in [2.05, 4.69) is 5.32 Å². The first-order valence-electron chi connectivity index (χ1n) is 9.41. The fourth-order valence-corrected chi connectivity index (χ4v) is 3.20. The summed E-state index contributed by atoms with van der Waals surface area (Å²) in [5, 5.41) is 12.1. The lowest BCUT2D eigenvalue weighted by Crippen LogP contribution is -2.51. The number of nitrogens with zero attached hydrogens (tertiary/aromatic N) is 1. The van der Waals surface area contributed by atoms with E-state index in [0.29, 0.717) is 25.9 Å². The highest BCUT2D eigenvalue weighted by Gasteiger charge is 2.32. The normalized spacial score (nSPS) is 16.8. The number of carboxylic acid groups (broad SMARTS) is 1. The van der Waals surface area contributed by atoms with Gasteiger partial charge in [-0.05, 0) is 24.3 Å². The number of nitrogens with one attached hydrogen (secondary N) is 1. The first kappa shape index (κ1) is 23.9. The maximum absolute atomic E-state index is 12.5. The summed E-state index contributed by atoms with van der Waals surface area (Å²) < 4.78 is 0. The van der Waals surface area contributed by atoms with E-state index in [0.717, 1.165) is 5.56 Å². The Kier molecular flexibility index (Phi) is 9.41. The van der Waals surface area contributed by atoms with Crippen molar-refractivity contribution in [2.75, 3.05) is 13.1 Å². The van der Waals surface area contributed by atoms with E-state index in [1.54, 1.807) is 4.90 Å². The first-order chi connectivity index (χ1) is 12.8. The number of hydrogen-bond donors (Lipinski definition) is 3. The fraction of sp³-hybridized carbons (Fsp3) is 0.550. The number of hydrogen-bond acceptors (Lipinski definition) is 4. The summed E-state index contributed by atoms with van der Waals surface area (Å²) in [6, 6.07) is 7.72. The van der Waals surface area contributed by atoms with Crippen LogP contribution in [0.25, 0.3) is 0 Å². The van der Waals surface area contributed by atoms with Crippen molar-refractivity contribution in [3.63, 3.8) is 0 Å². The van der Waals surface area contributed by atoms with Crippen molar-refractivity contribution in [3.05, 3.63) is 35.9 Å². The summed E-state index contributed by atoms with van der Waals surface area (Å²) in [6.07, 6.45) is 1.27. The molecule has 0 aliphatic carbocycles. The molecule has 1 aliphatic heterocycles. The molecule has 0 radical (unpaired) electrons. The topological polar surface area (TPSA) is 113 Å². The van der Waals surface area contributed by atoms with Crippen molar-refractivity contribution >= 4 is 30.2 Å². The van der Waals surface area contributed by atoms with Gasteiger partial charge in [0.25, 0.3) is 0 Å². The quantitative estimate of drug-likeness (QED) is 0.628. The zero-order valence-electron chi connectivity index (χ0n) is 16.3. The molecule has 1 fully saturated rings. The van der Waals surface area contributed by atoms with Crippen molar-refractivity contribution in [2.45, 2.75) is 45.2 Å². The molecule has 8 heteroatoms. The number of aliphatic carboxylic acids is 1. The Bertz CT molecular complexity index is 661. The van der Waals surface area contributed by atoms with Crippen molar-refractivity contribution in [1.29, 1.82) is 0 Å². The molecule has 0 aromatic heterocycles. The maximum atomic E-state index is 12.5. The number of likely N-dealkylation sites (tertiary alicyclic amines) is 1. The van der Waals surface area contributed by atoms with Crippen molar-refractivity contribution in [3.8, 4) is 0 Å². The van der Waals surface area contributed by atoms with Crippen LogP contribution in [0.4, 0.5) is 0 Å². The molecule has 1 heterocycles. The SMILES string of the molecule is CC(C)C(N)C(=O)N1CCC(C(=O)NC(Cc2ccccc2)C(=O)O)CC1.Cl. The van der Waals surface area contributed by atoms with Crippen LogP contribution in [0.5, 0.6) is 0 Å². The standard InChI is InChI=1S/C20H29N3O4.ClH/c1-13(2)17(21)19(25)23-10-8-15(9-11-23)18(24)22-16(20(26)27)12-14-6-4-3-5-7-14;/h3-7,13,15-17H,8-12,21H2,1-2H3,(H,22,24)(H,26,27);1H. The van der Waals surface area contributed by atoms with Gasteiger partial charge in [0.15, 0.2) is 0 Å². The minimum absolute atomic E-state index is 0. The van der Waals surface area contributed by atoms with Crippen LogP contribution in [0.2, 0.25) is 0 Å². The van der Waals surface area contributed by atoms with E-state index in [1.807, 2.05) is 44.2 Å². The second-order valence-corrected chi connectivity index (χ2v) is 7.46. The van der Waals surface area contributed by atoms with E-state index in [-0.39, 0.29) is 42.5 Å². The molecule has 0 bridgehead atoms. The smallest absolute Gasteiger partial charge is 0.326 e. The van der Waals surface area contributed by atoms with E-state index in [4.69, 9.17) is 5.73 Å². The molecule has 0 spiro atoms. The van der Waals surface area contributed by atoms with Gasteiger partial charge in [-0.2, -0.15) is 0 Å². The second kappa shape index (κ2) is 11.0. The van der Waals surface area contributed by atoms with E-state index < -0.39 is 18.1 Å². The van der Waals surface area contributed by atoms with Crippen molar-refractivity contribution in [1.82, 2.24) is 10.2 Å². The minimum atomic E-state index is -1.05. The highest BCUT2D eigenvalue weighted by molar-refractivity contribution is 5.86. The van der Waals surface area contributed by atoms with Gasteiger partial charge in [-0.1, -0.05) is 44.2 Å². The monoisotopic (exact) mass is 411 g/mol. The Morgan fingerprint density at radius 3 is 2.25 bits per heavy atom. The van der Waals surface area contributed by atoms with Crippen molar-refractivity contribution in [2.24, 2.45) is 17.6 Å². The van der Waals surface area contributed by atoms with E-state index >= 15 is 0 Å². The third-order valence-electron chi connectivity index (χ3n) is 5.08. The summed E-state index contributed by atoms with van der Waals surface area (Å²) in [7, 11) is 0. The van der Waals surface area contributed by atoms with Gasteiger partial charge < -0.3 is 21.1 Å². The number of amides is 2. The van der Waals surface area contributed by atoms with Gasteiger partial charge in [-0.3, -0.25) is 9.59 Å². The van der Waals surface area contributed by atoms with Crippen LogP contribution >= 0.6 is 12.4 Å². The number of carbonyl (C=O) groups excluding carboxylic acids is 2. The zero-order chi connectivity index (χ0) is 20.0. The fourth-order valence-electron chi connectivity index (χ4n) is 3.20.